The number of benzene rings is 3. The van der Waals surface area contributed by atoms with Crippen molar-refractivity contribution in [1.82, 2.24) is 4.98 Å². The lowest BCUT2D eigenvalue weighted by Gasteiger charge is -2.31. The number of carbonyl (C=O) groups excluding carboxylic acids is 1. The molecule has 9 heteroatoms. The molecule has 0 bridgehead atoms. The fourth-order valence-electron chi connectivity index (χ4n) is 4.15. The van der Waals surface area contributed by atoms with Crippen LogP contribution in [0.2, 0.25) is 5.02 Å². The van der Waals surface area contributed by atoms with Crippen LogP contribution in [0, 0.1) is 5.41 Å². The summed E-state index contributed by atoms with van der Waals surface area (Å²) in [7, 11) is -2.92. The van der Waals surface area contributed by atoms with Gasteiger partial charge in [0.15, 0.2) is 6.16 Å². The molecule has 1 aliphatic heterocycles. The van der Waals surface area contributed by atoms with Gasteiger partial charge in [0.2, 0.25) is 11.8 Å². The summed E-state index contributed by atoms with van der Waals surface area (Å²) in [6, 6.07) is 24.4. The first-order valence-electron chi connectivity index (χ1n) is 12.8. The first-order chi connectivity index (χ1) is 18.7. The van der Waals surface area contributed by atoms with Crippen LogP contribution in [0.15, 0.2) is 83.3 Å². The summed E-state index contributed by atoms with van der Waals surface area (Å²) in [5, 5.41) is 3.57. The van der Waals surface area contributed by atoms with E-state index in [0.29, 0.717) is 53.9 Å². The van der Waals surface area contributed by atoms with Gasteiger partial charge in [-0.15, -0.1) is 0 Å². The number of halogens is 1. The normalized spacial score (nSPS) is 16.1. The van der Waals surface area contributed by atoms with Gasteiger partial charge >= 0.3 is 7.94 Å². The molecule has 4 aromatic rings. The van der Waals surface area contributed by atoms with E-state index in [4.69, 9.17) is 30.0 Å². The predicted octanol–water partition coefficient (Wildman–Crippen LogP) is 7.56. The van der Waals surface area contributed by atoms with Crippen molar-refractivity contribution in [2.75, 3.05) is 18.5 Å². The maximum atomic E-state index is 12.8. The number of amides is 1. The molecule has 1 fully saturated rings. The SMILES string of the molecule is CC1(C)CO[P+](O)(Cc2ccc(NC(=O)CCc3oc(-c4ccccc4)nc3-c3ccc(Cl)cc3)cc2)OC1. The van der Waals surface area contributed by atoms with Gasteiger partial charge in [0.1, 0.15) is 24.7 Å². The van der Waals surface area contributed by atoms with Gasteiger partial charge in [-0.3, -0.25) is 4.79 Å². The molecule has 1 aromatic heterocycles. The Morgan fingerprint density at radius 2 is 1.64 bits per heavy atom. The molecule has 1 amide bonds. The first-order valence-corrected chi connectivity index (χ1v) is 14.9. The first kappa shape index (κ1) is 27.5. The molecule has 0 saturated carbocycles. The van der Waals surface area contributed by atoms with Crippen LogP contribution < -0.4 is 5.32 Å². The highest BCUT2D eigenvalue weighted by Gasteiger charge is 2.48. The molecule has 202 valence electrons. The van der Waals surface area contributed by atoms with Crippen LogP contribution in [0.5, 0.6) is 0 Å². The average molecular weight is 566 g/mol. The van der Waals surface area contributed by atoms with Crippen LogP contribution in [-0.2, 0) is 26.4 Å². The lowest BCUT2D eigenvalue weighted by atomic mass is 9.97. The van der Waals surface area contributed by atoms with Crippen LogP contribution in [0.3, 0.4) is 0 Å². The molecule has 7 nitrogen and oxygen atoms in total. The summed E-state index contributed by atoms with van der Waals surface area (Å²) in [5.74, 6) is 0.995. The Hall–Kier alpha value is -3.06. The third-order valence-electron chi connectivity index (χ3n) is 6.35. The average Bonchev–Trinajstić information content (AvgIpc) is 3.36. The Balaban J connectivity index is 1.22. The van der Waals surface area contributed by atoms with Crippen LogP contribution >= 0.6 is 19.5 Å². The third kappa shape index (κ3) is 7.13. The van der Waals surface area contributed by atoms with Gasteiger partial charge in [-0.2, -0.15) is 13.9 Å². The fraction of sp³-hybridized carbons (Fsp3) is 0.267. The summed E-state index contributed by atoms with van der Waals surface area (Å²) in [6.45, 7) is 5.00. The molecule has 2 N–H and O–H groups in total. The van der Waals surface area contributed by atoms with Gasteiger partial charge in [0, 0.05) is 40.1 Å². The van der Waals surface area contributed by atoms with Gasteiger partial charge in [-0.25, -0.2) is 4.98 Å². The van der Waals surface area contributed by atoms with E-state index in [1.807, 2.05) is 92.7 Å². The standard InChI is InChI=1S/C30H30ClN2O5P/c1-30(2)19-36-39(35,37-20-30)18-21-8-14-25(15-9-21)32-27(34)17-16-26-28(22-10-12-24(31)13-11-22)33-29(38-26)23-6-4-3-5-7-23/h3-15,35H,16-20H2,1-2H3/p+1. The van der Waals surface area contributed by atoms with E-state index in [2.05, 4.69) is 5.32 Å². The minimum absolute atomic E-state index is 0.106. The van der Waals surface area contributed by atoms with Gasteiger partial charge < -0.3 is 9.73 Å². The number of hydrogen-bond acceptors (Lipinski definition) is 6. The van der Waals surface area contributed by atoms with E-state index in [1.165, 1.54) is 0 Å². The molecular weight excluding hydrogens is 535 g/mol. The quantitative estimate of drug-likeness (QED) is 0.214. The van der Waals surface area contributed by atoms with Crippen molar-refractivity contribution in [2.45, 2.75) is 32.9 Å². The van der Waals surface area contributed by atoms with Crippen molar-refractivity contribution in [3.8, 4) is 22.7 Å². The smallest absolute Gasteiger partial charge is 0.413 e. The molecule has 2 heterocycles. The number of nitrogens with zero attached hydrogens (tertiary/aromatic N) is 1. The summed E-state index contributed by atoms with van der Waals surface area (Å²) in [6.07, 6.45) is 0.902. The maximum Gasteiger partial charge on any atom is 0.413 e. The van der Waals surface area contributed by atoms with E-state index >= 15 is 0 Å². The number of anilines is 1. The topological polar surface area (TPSA) is 93.8 Å². The molecule has 0 spiro atoms. The summed E-state index contributed by atoms with van der Waals surface area (Å²) < 4.78 is 17.5. The van der Waals surface area contributed by atoms with Crippen molar-refractivity contribution >= 4 is 31.1 Å². The molecule has 1 saturated heterocycles. The van der Waals surface area contributed by atoms with Crippen molar-refractivity contribution in [2.24, 2.45) is 5.41 Å². The molecule has 5 rings (SSSR count). The second-order valence-corrected chi connectivity index (χ2v) is 13.0. The van der Waals surface area contributed by atoms with E-state index in [0.717, 1.165) is 16.7 Å². The summed E-state index contributed by atoms with van der Waals surface area (Å²) >= 11 is 6.08. The monoisotopic (exact) mass is 565 g/mol. The van der Waals surface area contributed by atoms with Gasteiger partial charge in [-0.1, -0.05) is 67.9 Å². The van der Waals surface area contributed by atoms with Crippen molar-refractivity contribution < 1.29 is 23.2 Å². The Morgan fingerprint density at radius 1 is 0.974 bits per heavy atom. The number of carbonyl (C=O) groups is 1. The molecule has 0 aliphatic carbocycles. The number of aryl methyl sites for hydroxylation is 1. The Labute approximate surface area is 233 Å². The highest BCUT2D eigenvalue weighted by atomic mass is 35.5. The Morgan fingerprint density at radius 3 is 2.31 bits per heavy atom. The molecular formula is C30H31ClN2O5P+. The van der Waals surface area contributed by atoms with Gasteiger partial charge in [0.05, 0.1) is 0 Å². The van der Waals surface area contributed by atoms with Gasteiger partial charge in [0.25, 0.3) is 0 Å². The lowest BCUT2D eigenvalue weighted by Crippen LogP contribution is -2.31. The zero-order valence-electron chi connectivity index (χ0n) is 21.9. The highest BCUT2D eigenvalue weighted by molar-refractivity contribution is 7.59. The van der Waals surface area contributed by atoms with Crippen molar-refractivity contribution in [1.29, 1.82) is 0 Å². The van der Waals surface area contributed by atoms with Crippen molar-refractivity contribution in [3.05, 3.63) is 95.2 Å². The number of hydrogen-bond donors (Lipinski definition) is 2. The number of nitrogens with one attached hydrogen (secondary N) is 1. The minimum atomic E-state index is -2.92. The lowest BCUT2D eigenvalue weighted by molar-refractivity contribution is -0.116. The summed E-state index contributed by atoms with van der Waals surface area (Å²) in [5.41, 5.74) is 3.87. The van der Waals surface area contributed by atoms with E-state index in [9.17, 15) is 9.69 Å². The number of rotatable bonds is 8. The van der Waals surface area contributed by atoms with E-state index in [1.54, 1.807) is 0 Å². The third-order valence-corrected chi connectivity index (χ3v) is 8.43. The zero-order valence-corrected chi connectivity index (χ0v) is 23.5. The van der Waals surface area contributed by atoms with E-state index in [-0.39, 0.29) is 17.7 Å². The number of aromatic nitrogens is 1. The molecule has 0 unspecified atom stereocenters. The molecule has 39 heavy (non-hydrogen) atoms. The largest absolute Gasteiger partial charge is 0.440 e. The second-order valence-electron chi connectivity index (χ2n) is 10.4. The molecule has 0 radical (unpaired) electrons. The molecule has 0 atom stereocenters. The predicted molar refractivity (Wildman–Crippen MR) is 154 cm³/mol. The van der Waals surface area contributed by atoms with E-state index < -0.39 is 7.94 Å². The van der Waals surface area contributed by atoms with Crippen LogP contribution in [0.25, 0.3) is 22.7 Å². The van der Waals surface area contributed by atoms with Crippen LogP contribution in [-0.4, -0.2) is 29.0 Å². The number of oxazole rings is 1. The molecule has 1 aliphatic rings. The second kappa shape index (κ2) is 11.6. The Kier molecular flexibility index (Phi) is 8.17. The highest BCUT2D eigenvalue weighted by Crippen LogP contribution is 2.63. The van der Waals surface area contributed by atoms with Crippen molar-refractivity contribution in [3.63, 3.8) is 0 Å². The van der Waals surface area contributed by atoms with Gasteiger partial charge in [-0.05, 0) is 42.0 Å². The minimum Gasteiger partial charge on any atom is -0.440 e. The summed E-state index contributed by atoms with van der Waals surface area (Å²) in [4.78, 5) is 28.3. The van der Waals surface area contributed by atoms with Crippen LogP contribution in [0.4, 0.5) is 5.69 Å². The maximum absolute atomic E-state index is 12.8. The van der Waals surface area contributed by atoms with Crippen LogP contribution in [0.1, 0.15) is 31.6 Å². The fourth-order valence-corrected chi connectivity index (χ4v) is 6.31. The zero-order chi connectivity index (χ0) is 27.5. The molecule has 3 aromatic carbocycles. The Bertz CT molecular complexity index is 1410.